The minimum absolute atomic E-state index is 0.0607. The van der Waals surface area contributed by atoms with E-state index in [1.165, 1.54) is 6.08 Å². The summed E-state index contributed by atoms with van der Waals surface area (Å²) in [5, 5.41) is 0. The molecule has 1 aliphatic carbocycles. The number of para-hydroxylation sites is 1. The molecule has 1 spiro atoms. The average Bonchev–Trinajstić information content (AvgIpc) is 2.67. The molecule has 5 heteroatoms. The lowest BCUT2D eigenvalue weighted by Gasteiger charge is -2.40. The van der Waals surface area contributed by atoms with Crippen molar-refractivity contribution in [3.8, 4) is 0 Å². The number of hydrogen-bond donors (Lipinski definition) is 0. The van der Waals surface area contributed by atoms with Gasteiger partial charge < -0.3 is 9.47 Å². The van der Waals surface area contributed by atoms with E-state index in [1.807, 2.05) is 36.4 Å². The van der Waals surface area contributed by atoms with Crippen LogP contribution in [0, 0.1) is 5.92 Å². The Morgan fingerprint density at radius 1 is 1.11 bits per heavy atom. The Morgan fingerprint density at radius 3 is 2.41 bits per heavy atom. The lowest BCUT2D eigenvalue weighted by Crippen LogP contribution is -2.48. The Bertz CT molecular complexity index is 734. The molecular weight excluding hydrogens is 342 g/mol. The number of carbonyl (C=O) groups excluding carboxylic acids is 2. The standard InChI is InChI=1S/C22H25NO4/c1-2-17-12-14-22(15-13-17)26-20(24)19(21(25)27-22)11-7-4-8-16-23-18-9-5-3-6-10-18/h3-7,9-11,16-17H,2,8,12-15H2,1H3. The molecule has 5 nitrogen and oxygen atoms in total. The van der Waals surface area contributed by atoms with Crippen molar-refractivity contribution in [2.24, 2.45) is 10.9 Å². The first-order valence-corrected chi connectivity index (χ1v) is 9.53. The lowest BCUT2D eigenvalue weighted by atomic mass is 9.83. The molecule has 0 bridgehead atoms. The first kappa shape index (κ1) is 19.1. The molecule has 2 fully saturated rings. The van der Waals surface area contributed by atoms with E-state index in [0.717, 1.165) is 24.9 Å². The van der Waals surface area contributed by atoms with E-state index in [1.54, 1.807) is 12.3 Å². The summed E-state index contributed by atoms with van der Waals surface area (Å²) in [6.45, 7) is 2.15. The Balaban J connectivity index is 1.54. The molecule has 1 aromatic carbocycles. The van der Waals surface area contributed by atoms with Gasteiger partial charge in [0.25, 0.3) is 5.79 Å². The predicted molar refractivity (Wildman–Crippen MR) is 104 cm³/mol. The fraction of sp³-hybridized carbons (Fsp3) is 0.409. The van der Waals surface area contributed by atoms with Gasteiger partial charge in [-0.2, -0.15) is 0 Å². The van der Waals surface area contributed by atoms with Gasteiger partial charge in [0.2, 0.25) is 0 Å². The highest BCUT2D eigenvalue weighted by atomic mass is 16.7. The van der Waals surface area contributed by atoms with Crippen molar-refractivity contribution >= 4 is 23.8 Å². The molecule has 27 heavy (non-hydrogen) atoms. The molecule has 1 aromatic rings. The third-order valence-corrected chi connectivity index (χ3v) is 5.08. The van der Waals surface area contributed by atoms with Crippen LogP contribution in [0.2, 0.25) is 0 Å². The summed E-state index contributed by atoms with van der Waals surface area (Å²) in [7, 11) is 0. The summed E-state index contributed by atoms with van der Waals surface area (Å²) in [6.07, 6.45) is 11.4. The number of nitrogens with zero attached hydrogens (tertiary/aromatic N) is 1. The van der Waals surface area contributed by atoms with Gasteiger partial charge in [0.1, 0.15) is 5.57 Å². The van der Waals surface area contributed by atoms with Crippen LogP contribution >= 0.6 is 0 Å². The average molecular weight is 367 g/mol. The van der Waals surface area contributed by atoms with Crippen molar-refractivity contribution in [1.29, 1.82) is 0 Å². The van der Waals surface area contributed by atoms with Gasteiger partial charge in [-0.05, 0) is 37.0 Å². The maximum absolute atomic E-state index is 12.3. The van der Waals surface area contributed by atoms with Crippen LogP contribution < -0.4 is 0 Å². The summed E-state index contributed by atoms with van der Waals surface area (Å²) < 4.78 is 11.0. The molecule has 0 aromatic heterocycles. The maximum atomic E-state index is 12.3. The molecule has 0 atom stereocenters. The molecule has 0 unspecified atom stereocenters. The number of benzene rings is 1. The van der Waals surface area contributed by atoms with Crippen LogP contribution in [-0.2, 0) is 19.1 Å². The molecular formula is C22H25NO4. The number of carbonyl (C=O) groups is 2. The van der Waals surface area contributed by atoms with Crippen LogP contribution in [-0.4, -0.2) is 23.9 Å². The number of ether oxygens (including phenoxy) is 2. The predicted octanol–water partition coefficient (Wildman–Crippen LogP) is 4.66. The molecule has 0 N–H and O–H groups in total. The normalized spacial score (nSPS) is 25.8. The van der Waals surface area contributed by atoms with Crippen molar-refractivity contribution in [1.82, 2.24) is 0 Å². The van der Waals surface area contributed by atoms with Crippen molar-refractivity contribution < 1.29 is 19.1 Å². The molecule has 2 aliphatic rings. The molecule has 1 saturated heterocycles. The number of allylic oxidation sites excluding steroid dienone is 3. The van der Waals surface area contributed by atoms with Crippen molar-refractivity contribution in [3.63, 3.8) is 0 Å². The van der Waals surface area contributed by atoms with Crippen molar-refractivity contribution in [3.05, 3.63) is 54.1 Å². The van der Waals surface area contributed by atoms with E-state index in [0.29, 0.717) is 25.2 Å². The molecule has 1 saturated carbocycles. The Morgan fingerprint density at radius 2 is 1.78 bits per heavy atom. The second-order valence-corrected chi connectivity index (χ2v) is 6.93. The second-order valence-electron chi connectivity index (χ2n) is 6.93. The fourth-order valence-electron chi connectivity index (χ4n) is 3.39. The monoisotopic (exact) mass is 367 g/mol. The number of esters is 2. The first-order chi connectivity index (χ1) is 13.1. The first-order valence-electron chi connectivity index (χ1n) is 9.53. The highest BCUT2D eigenvalue weighted by Gasteiger charge is 2.47. The third-order valence-electron chi connectivity index (χ3n) is 5.08. The summed E-state index contributed by atoms with van der Waals surface area (Å²) in [5.74, 6) is -1.62. The highest BCUT2D eigenvalue weighted by molar-refractivity contribution is 6.15. The van der Waals surface area contributed by atoms with Crippen LogP contribution in [0.4, 0.5) is 5.69 Å². The van der Waals surface area contributed by atoms with Gasteiger partial charge in [0.05, 0.1) is 5.69 Å². The number of aliphatic imine (C=N–C) groups is 1. The Hall–Kier alpha value is -2.69. The number of rotatable bonds is 5. The largest absolute Gasteiger partial charge is 0.419 e. The molecule has 1 aliphatic heterocycles. The van der Waals surface area contributed by atoms with Crippen LogP contribution in [0.25, 0.3) is 0 Å². The van der Waals surface area contributed by atoms with Crippen LogP contribution in [0.15, 0.2) is 59.1 Å². The van der Waals surface area contributed by atoms with Crippen LogP contribution in [0.5, 0.6) is 0 Å². The van der Waals surface area contributed by atoms with Gasteiger partial charge in [0, 0.05) is 25.5 Å². The van der Waals surface area contributed by atoms with Gasteiger partial charge in [-0.15, -0.1) is 0 Å². The van der Waals surface area contributed by atoms with Crippen molar-refractivity contribution in [2.75, 3.05) is 0 Å². The smallest absolute Gasteiger partial charge is 0.348 e. The quantitative estimate of drug-likeness (QED) is 0.329. The molecule has 3 rings (SSSR count). The van der Waals surface area contributed by atoms with E-state index in [-0.39, 0.29) is 5.57 Å². The molecule has 0 amide bonds. The fourth-order valence-corrected chi connectivity index (χ4v) is 3.39. The minimum Gasteiger partial charge on any atom is -0.419 e. The SMILES string of the molecule is CCC1CCC2(CC1)OC(=O)C(=CC=CCC=Nc1ccccc1)C(=O)O2. The van der Waals surface area contributed by atoms with E-state index in [2.05, 4.69) is 11.9 Å². The maximum Gasteiger partial charge on any atom is 0.348 e. The second kappa shape index (κ2) is 8.80. The topological polar surface area (TPSA) is 65.0 Å². The van der Waals surface area contributed by atoms with Gasteiger partial charge in [-0.25, -0.2) is 9.59 Å². The Kier molecular flexibility index (Phi) is 6.22. The van der Waals surface area contributed by atoms with E-state index >= 15 is 0 Å². The van der Waals surface area contributed by atoms with Crippen LogP contribution in [0.3, 0.4) is 0 Å². The van der Waals surface area contributed by atoms with Crippen molar-refractivity contribution in [2.45, 2.75) is 51.2 Å². The zero-order valence-corrected chi connectivity index (χ0v) is 15.6. The highest BCUT2D eigenvalue weighted by Crippen LogP contribution is 2.40. The van der Waals surface area contributed by atoms with E-state index in [9.17, 15) is 9.59 Å². The third kappa shape index (κ3) is 4.94. The summed E-state index contributed by atoms with van der Waals surface area (Å²) >= 11 is 0. The van der Waals surface area contributed by atoms with Gasteiger partial charge in [-0.3, -0.25) is 4.99 Å². The molecule has 1 heterocycles. The van der Waals surface area contributed by atoms with Gasteiger partial charge in [0.15, 0.2) is 0 Å². The Labute approximate surface area is 159 Å². The zero-order valence-electron chi connectivity index (χ0n) is 15.6. The number of hydrogen-bond acceptors (Lipinski definition) is 5. The molecule has 142 valence electrons. The summed E-state index contributed by atoms with van der Waals surface area (Å²) in [6, 6.07) is 9.62. The van der Waals surface area contributed by atoms with E-state index < -0.39 is 17.7 Å². The zero-order chi connectivity index (χ0) is 19.1. The van der Waals surface area contributed by atoms with Gasteiger partial charge in [-0.1, -0.05) is 43.7 Å². The minimum atomic E-state index is -1.05. The van der Waals surface area contributed by atoms with Gasteiger partial charge >= 0.3 is 11.9 Å². The summed E-state index contributed by atoms with van der Waals surface area (Å²) in [4.78, 5) is 28.9. The van der Waals surface area contributed by atoms with Crippen LogP contribution in [0.1, 0.15) is 45.4 Å². The molecule has 0 radical (unpaired) electrons. The van der Waals surface area contributed by atoms with E-state index in [4.69, 9.17) is 9.47 Å². The summed E-state index contributed by atoms with van der Waals surface area (Å²) in [5.41, 5.74) is 0.821. The lowest BCUT2D eigenvalue weighted by molar-refractivity contribution is -0.247.